The van der Waals surface area contributed by atoms with Crippen LogP contribution in [0.25, 0.3) is 0 Å². The lowest BCUT2D eigenvalue weighted by molar-refractivity contribution is 0.0175. The third-order valence-corrected chi connectivity index (χ3v) is 3.91. The summed E-state index contributed by atoms with van der Waals surface area (Å²) in [6.07, 6.45) is 1.40. The molecule has 1 aromatic heterocycles. The van der Waals surface area contributed by atoms with Gasteiger partial charge in [0.15, 0.2) is 0 Å². The van der Waals surface area contributed by atoms with Gasteiger partial charge in [-0.25, -0.2) is 4.98 Å². The Bertz CT molecular complexity index is 813. The van der Waals surface area contributed by atoms with Crippen LogP contribution in [0.5, 0.6) is 11.5 Å². The molecule has 0 unspecified atom stereocenters. The number of nitrogens with zero attached hydrogens (tertiary/aromatic N) is 3. The van der Waals surface area contributed by atoms with Gasteiger partial charge in [0.25, 0.3) is 5.91 Å². The van der Waals surface area contributed by atoms with E-state index >= 15 is 0 Å². The van der Waals surface area contributed by atoms with Crippen molar-refractivity contribution >= 4 is 17.5 Å². The quantitative estimate of drug-likeness (QED) is 0.852. The van der Waals surface area contributed by atoms with E-state index in [4.69, 9.17) is 26.3 Å². The average Bonchev–Trinajstić information content (AvgIpc) is 2.57. The van der Waals surface area contributed by atoms with Crippen LogP contribution in [-0.4, -0.2) is 42.1 Å². The van der Waals surface area contributed by atoms with Crippen molar-refractivity contribution in [1.82, 2.24) is 9.88 Å². The Morgan fingerprint density at radius 3 is 2.88 bits per heavy atom. The van der Waals surface area contributed by atoms with Crippen molar-refractivity contribution in [3.05, 3.63) is 52.8 Å². The fraction of sp³-hybridized carbons (Fsp3) is 0.235. The lowest BCUT2D eigenvalue weighted by atomic mass is 10.1. The summed E-state index contributed by atoms with van der Waals surface area (Å²) in [6, 6.07) is 10.2. The molecule has 7 heteroatoms. The molecular formula is C17H14ClN3O3. The van der Waals surface area contributed by atoms with E-state index in [0.29, 0.717) is 40.9 Å². The molecule has 6 nitrogen and oxygen atoms in total. The maximum absolute atomic E-state index is 12.5. The molecule has 0 saturated carbocycles. The van der Waals surface area contributed by atoms with Crippen LogP contribution in [0.3, 0.4) is 0 Å². The van der Waals surface area contributed by atoms with Crippen LogP contribution in [0.4, 0.5) is 0 Å². The first-order valence-corrected chi connectivity index (χ1v) is 7.64. The molecule has 3 rings (SSSR count). The number of ether oxygens (including phenoxy) is 2. The number of amides is 1. The summed E-state index contributed by atoms with van der Waals surface area (Å²) in [5.41, 5.74) is 0.725. The number of rotatable bonds is 4. The van der Waals surface area contributed by atoms with Crippen LogP contribution in [-0.2, 0) is 0 Å². The van der Waals surface area contributed by atoms with Crippen LogP contribution in [0, 0.1) is 11.3 Å². The highest BCUT2D eigenvalue weighted by molar-refractivity contribution is 6.31. The highest BCUT2D eigenvalue weighted by Gasteiger charge is 2.34. The zero-order valence-electron chi connectivity index (χ0n) is 12.9. The van der Waals surface area contributed by atoms with E-state index in [0.717, 1.165) is 0 Å². The molecule has 1 fully saturated rings. The summed E-state index contributed by atoms with van der Waals surface area (Å²) in [5.74, 6) is 0.905. The zero-order chi connectivity index (χ0) is 17.1. The predicted octanol–water partition coefficient (Wildman–Crippen LogP) is 2.52. The SMILES string of the molecule is COc1ccc(Cl)cc1C(=O)N1CC(Oc2ccnc(C#N)c2)C1. The molecule has 1 aliphatic rings. The maximum Gasteiger partial charge on any atom is 0.257 e. The van der Waals surface area contributed by atoms with Crippen molar-refractivity contribution in [2.75, 3.05) is 20.2 Å². The molecular weight excluding hydrogens is 330 g/mol. The van der Waals surface area contributed by atoms with Crippen molar-refractivity contribution in [2.24, 2.45) is 0 Å². The Morgan fingerprint density at radius 1 is 1.38 bits per heavy atom. The zero-order valence-corrected chi connectivity index (χ0v) is 13.7. The molecule has 2 aromatic rings. The van der Waals surface area contributed by atoms with Gasteiger partial charge in [0.1, 0.15) is 29.4 Å². The first-order chi connectivity index (χ1) is 11.6. The summed E-state index contributed by atoms with van der Waals surface area (Å²) in [7, 11) is 1.51. The molecule has 0 N–H and O–H groups in total. The van der Waals surface area contributed by atoms with E-state index in [-0.39, 0.29) is 12.0 Å². The van der Waals surface area contributed by atoms with E-state index < -0.39 is 0 Å². The Balaban J connectivity index is 1.63. The van der Waals surface area contributed by atoms with Gasteiger partial charge in [-0.1, -0.05) is 11.6 Å². The number of pyridine rings is 1. The summed E-state index contributed by atoms with van der Waals surface area (Å²) in [6.45, 7) is 0.914. The second-order valence-corrected chi connectivity index (χ2v) is 5.72. The first kappa shape index (κ1) is 16.1. The Kier molecular flexibility index (Phi) is 4.54. The van der Waals surface area contributed by atoms with Crippen molar-refractivity contribution in [3.8, 4) is 17.6 Å². The minimum atomic E-state index is -0.151. The number of likely N-dealkylation sites (tertiary alicyclic amines) is 1. The smallest absolute Gasteiger partial charge is 0.257 e. The Morgan fingerprint density at radius 2 is 2.17 bits per heavy atom. The highest BCUT2D eigenvalue weighted by Crippen LogP contribution is 2.27. The summed E-state index contributed by atoms with van der Waals surface area (Å²) in [4.78, 5) is 18.1. The summed E-state index contributed by atoms with van der Waals surface area (Å²) < 4.78 is 11.0. The van der Waals surface area contributed by atoms with Crippen molar-refractivity contribution in [2.45, 2.75) is 6.10 Å². The molecule has 122 valence electrons. The molecule has 0 aliphatic carbocycles. The molecule has 0 spiro atoms. The molecule has 24 heavy (non-hydrogen) atoms. The highest BCUT2D eigenvalue weighted by atomic mass is 35.5. The predicted molar refractivity (Wildman–Crippen MR) is 87.3 cm³/mol. The van der Waals surface area contributed by atoms with Crippen LogP contribution < -0.4 is 9.47 Å². The lowest BCUT2D eigenvalue weighted by Gasteiger charge is -2.39. The fourth-order valence-electron chi connectivity index (χ4n) is 2.43. The van der Waals surface area contributed by atoms with Gasteiger partial charge in [-0.15, -0.1) is 0 Å². The van der Waals surface area contributed by atoms with Gasteiger partial charge in [0, 0.05) is 17.3 Å². The standard InChI is InChI=1S/C17H14ClN3O3/c1-23-16-3-2-11(18)6-15(16)17(22)21-9-14(10-21)24-13-4-5-20-12(7-13)8-19/h2-7,14H,9-10H2,1H3. The molecule has 0 bridgehead atoms. The van der Waals surface area contributed by atoms with Gasteiger partial charge in [-0.2, -0.15) is 5.26 Å². The number of carbonyl (C=O) groups excluding carboxylic acids is 1. The number of nitriles is 1. The normalized spacial score (nSPS) is 13.8. The minimum Gasteiger partial charge on any atom is -0.496 e. The molecule has 1 amide bonds. The summed E-state index contributed by atoms with van der Waals surface area (Å²) in [5, 5.41) is 9.32. The van der Waals surface area contributed by atoms with Gasteiger partial charge < -0.3 is 14.4 Å². The third kappa shape index (κ3) is 3.26. The van der Waals surface area contributed by atoms with Crippen LogP contribution >= 0.6 is 11.6 Å². The molecule has 1 saturated heterocycles. The fourth-order valence-corrected chi connectivity index (χ4v) is 2.61. The lowest BCUT2D eigenvalue weighted by Crippen LogP contribution is -2.56. The number of aromatic nitrogens is 1. The van der Waals surface area contributed by atoms with E-state index in [1.807, 2.05) is 6.07 Å². The average molecular weight is 344 g/mol. The van der Waals surface area contributed by atoms with E-state index in [9.17, 15) is 4.79 Å². The van der Waals surface area contributed by atoms with E-state index in [1.54, 1.807) is 35.2 Å². The van der Waals surface area contributed by atoms with Crippen LogP contribution in [0.15, 0.2) is 36.5 Å². The van der Waals surface area contributed by atoms with Gasteiger partial charge in [0.05, 0.1) is 25.8 Å². The number of halogens is 1. The minimum absolute atomic E-state index is 0.118. The topological polar surface area (TPSA) is 75.4 Å². The molecule has 0 atom stereocenters. The maximum atomic E-state index is 12.5. The van der Waals surface area contributed by atoms with Crippen molar-refractivity contribution in [1.29, 1.82) is 5.26 Å². The monoisotopic (exact) mass is 343 g/mol. The largest absolute Gasteiger partial charge is 0.496 e. The second kappa shape index (κ2) is 6.77. The number of carbonyl (C=O) groups is 1. The van der Waals surface area contributed by atoms with Crippen LogP contribution in [0.1, 0.15) is 16.1 Å². The van der Waals surface area contributed by atoms with E-state index in [1.165, 1.54) is 13.3 Å². The van der Waals surface area contributed by atoms with Gasteiger partial charge in [-0.05, 0) is 24.3 Å². The number of hydrogen-bond acceptors (Lipinski definition) is 5. The van der Waals surface area contributed by atoms with Gasteiger partial charge in [0.2, 0.25) is 0 Å². The first-order valence-electron chi connectivity index (χ1n) is 7.26. The van der Waals surface area contributed by atoms with Gasteiger partial charge in [-0.3, -0.25) is 4.79 Å². The second-order valence-electron chi connectivity index (χ2n) is 5.28. The van der Waals surface area contributed by atoms with E-state index in [2.05, 4.69) is 4.98 Å². The molecule has 2 heterocycles. The molecule has 0 radical (unpaired) electrons. The summed E-state index contributed by atoms with van der Waals surface area (Å²) >= 11 is 5.97. The van der Waals surface area contributed by atoms with Crippen LogP contribution in [0.2, 0.25) is 5.02 Å². The molecule has 1 aliphatic heterocycles. The molecule has 1 aromatic carbocycles. The third-order valence-electron chi connectivity index (χ3n) is 3.68. The van der Waals surface area contributed by atoms with Crippen molar-refractivity contribution < 1.29 is 14.3 Å². The number of methoxy groups -OCH3 is 1. The number of hydrogen-bond donors (Lipinski definition) is 0. The Hall–Kier alpha value is -2.78. The van der Waals surface area contributed by atoms with Gasteiger partial charge >= 0.3 is 0 Å². The van der Waals surface area contributed by atoms with Crippen molar-refractivity contribution in [3.63, 3.8) is 0 Å². The number of benzene rings is 1. The Labute approximate surface area is 144 Å².